The third-order valence-electron chi connectivity index (χ3n) is 3.35. The highest BCUT2D eigenvalue weighted by Crippen LogP contribution is 2.37. The summed E-state index contributed by atoms with van der Waals surface area (Å²) in [5.74, 6) is 1.25. The van der Waals surface area contributed by atoms with Crippen LogP contribution in [-0.4, -0.2) is 26.7 Å². The van der Waals surface area contributed by atoms with Gasteiger partial charge in [-0.1, -0.05) is 18.5 Å². The summed E-state index contributed by atoms with van der Waals surface area (Å²) >= 11 is 9.43. The van der Waals surface area contributed by atoms with Gasteiger partial charge in [0.2, 0.25) is 0 Å². The van der Waals surface area contributed by atoms with Gasteiger partial charge in [0.15, 0.2) is 11.5 Å². The first kappa shape index (κ1) is 19.4. The molecule has 0 bridgehead atoms. The van der Waals surface area contributed by atoms with E-state index in [0.29, 0.717) is 44.6 Å². The second kappa shape index (κ2) is 8.97. The zero-order chi connectivity index (χ0) is 18.4. The van der Waals surface area contributed by atoms with Crippen LogP contribution in [0.15, 0.2) is 34.8 Å². The highest BCUT2D eigenvalue weighted by molar-refractivity contribution is 9.10. The van der Waals surface area contributed by atoms with Crippen molar-refractivity contribution < 1.29 is 19.0 Å². The number of halogens is 2. The molecule has 0 heterocycles. The van der Waals surface area contributed by atoms with Crippen molar-refractivity contribution in [2.24, 2.45) is 0 Å². The van der Waals surface area contributed by atoms with Crippen LogP contribution in [-0.2, 0) is 0 Å². The summed E-state index contributed by atoms with van der Waals surface area (Å²) in [7, 11) is 3.06. The Bertz CT molecular complexity index is 767. The van der Waals surface area contributed by atoms with Gasteiger partial charge in [-0.15, -0.1) is 0 Å². The second-order valence-electron chi connectivity index (χ2n) is 5.14. The predicted octanol–water partition coefficient (Wildman–Crippen LogP) is 5.16. The lowest BCUT2D eigenvalue weighted by Gasteiger charge is -2.15. The topological polar surface area (TPSA) is 56.8 Å². The summed E-state index contributed by atoms with van der Waals surface area (Å²) in [6.07, 6.45) is 0.867. The number of rotatable bonds is 7. The summed E-state index contributed by atoms with van der Waals surface area (Å²) in [5.41, 5.74) is 0.899. The summed E-state index contributed by atoms with van der Waals surface area (Å²) < 4.78 is 16.9. The Labute approximate surface area is 160 Å². The summed E-state index contributed by atoms with van der Waals surface area (Å²) in [4.78, 5) is 12.6. The highest BCUT2D eigenvalue weighted by atomic mass is 79.9. The Morgan fingerprint density at radius 3 is 2.52 bits per heavy atom. The average Bonchev–Trinajstić information content (AvgIpc) is 2.60. The van der Waals surface area contributed by atoms with Gasteiger partial charge in [0.25, 0.3) is 5.91 Å². The van der Waals surface area contributed by atoms with Gasteiger partial charge in [-0.25, -0.2) is 0 Å². The third-order valence-corrected chi connectivity index (χ3v) is 4.18. The van der Waals surface area contributed by atoms with Crippen molar-refractivity contribution in [3.05, 3.63) is 45.4 Å². The van der Waals surface area contributed by atoms with E-state index < -0.39 is 0 Å². The first-order valence-electron chi connectivity index (χ1n) is 7.65. The number of benzene rings is 2. The van der Waals surface area contributed by atoms with Gasteiger partial charge in [0.1, 0.15) is 5.75 Å². The van der Waals surface area contributed by atoms with Crippen molar-refractivity contribution in [1.29, 1.82) is 0 Å². The number of carbonyl (C=O) groups is 1. The maximum atomic E-state index is 12.6. The Morgan fingerprint density at radius 2 is 1.88 bits per heavy atom. The minimum Gasteiger partial charge on any atom is -0.495 e. The number of nitrogens with one attached hydrogen (secondary N) is 1. The van der Waals surface area contributed by atoms with E-state index in [0.717, 1.165) is 6.42 Å². The average molecular weight is 429 g/mol. The van der Waals surface area contributed by atoms with Gasteiger partial charge in [-0.05, 0) is 52.7 Å². The Morgan fingerprint density at radius 1 is 1.16 bits per heavy atom. The number of hydrogen-bond donors (Lipinski definition) is 1. The lowest BCUT2D eigenvalue weighted by molar-refractivity contribution is 0.102. The number of anilines is 1. The molecule has 1 amide bonds. The van der Waals surface area contributed by atoms with Crippen LogP contribution in [0, 0.1) is 0 Å². The van der Waals surface area contributed by atoms with Crippen LogP contribution in [0.3, 0.4) is 0 Å². The van der Waals surface area contributed by atoms with Crippen molar-refractivity contribution >= 4 is 39.1 Å². The lowest BCUT2D eigenvalue weighted by Crippen LogP contribution is -2.13. The molecule has 0 aliphatic heterocycles. The maximum Gasteiger partial charge on any atom is 0.255 e. The summed E-state index contributed by atoms with van der Waals surface area (Å²) in [5, 5.41) is 3.29. The number of carbonyl (C=O) groups excluding carboxylic acids is 1. The molecular formula is C18H19BrClNO4. The molecule has 2 rings (SSSR count). The molecule has 7 heteroatoms. The van der Waals surface area contributed by atoms with Crippen molar-refractivity contribution in [3.8, 4) is 17.2 Å². The molecule has 0 unspecified atom stereocenters. The zero-order valence-electron chi connectivity index (χ0n) is 14.2. The van der Waals surface area contributed by atoms with Crippen LogP contribution in [0.5, 0.6) is 17.2 Å². The van der Waals surface area contributed by atoms with Crippen molar-refractivity contribution in [3.63, 3.8) is 0 Å². The third kappa shape index (κ3) is 4.80. The molecule has 0 saturated carbocycles. The minimum absolute atomic E-state index is 0.318. The largest absolute Gasteiger partial charge is 0.495 e. The standard InChI is InChI=1S/C18H19BrClNO4/c1-4-7-25-17-13(19)8-11(9-16(17)24-3)18(22)21-14-10-12(20)5-6-15(14)23-2/h5-6,8-10H,4,7H2,1-3H3,(H,21,22). The van der Waals surface area contributed by atoms with E-state index in [1.165, 1.54) is 14.2 Å². The highest BCUT2D eigenvalue weighted by Gasteiger charge is 2.17. The molecule has 2 aromatic carbocycles. The predicted molar refractivity (Wildman–Crippen MR) is 102 cm³/mol. The second-order valence-corrected chi connectivity index (χ2v) is 6.43. The molecule has 0 aromatic heterocycles. The van der Waals surface area contributed by atoms with Gasteiger partial charge in [0.05, 0.1) is 31.0 Å². The molecule has 25 heavy (non-hydrogen) atoms. The van der Waals surface area contributed by atoms with Gasteiger partial charge < -0.3 is 19.5 Å². The number of ether oxygens (including phenoxy) is 3. The Balaban J connectivity index is 2.31. The Kier molecular flexibility index (Phi) is 6.96. The quantitative estimate of drug-likeness (QED) is 0.662. The molecule has 0 aliphatic carbocycles. The minimum atomic E-state index is -0.318. The fourth-order valence-corrected chi connectivity index (χ4v) is 2.90. The van der Waals surface area contributed by atoms with E-state index >= 15 is 0 Å². The summed E-state index contributed by atoms with van der Waals surface area (Å²) in [6, 6.07) is 8.32. The molecule has 5 nitrogen and oxygen atoms in total. The first-order chi connectivity index (χ1) is 12.0. The van der Waals surface area contributed by atoms with E-state index in [-0.39, 0.29) is 5.91 Å². The van der Waals surface area contributed by atoms with Gasteiger partial charge in [0, 0.05) is 10.6 Å². The van der Waals surface area contributed by atoms with Crippen LogP contribution < -0.4 is 19.5 Å². The molecule has 0 atom stereocenters. The molecule has 0 fully saturated rings. The molecular weight excluding hydrogens is 410 g/mol. The number of methoxy groups -OCH3 is 2. The smallest absolute Gasteiger partial charge is 0.255 e. The summed E-state index contributed by atoms with van der Waals surface area (Å²) in [6.45, 7) is 2.57. The van der Waals surface area contributed by atoms with Gasteiger partial charge in [-0.3, -0.25) is 4.79 Å². The van der Waals surface area contributed by atoms with Crippen LogP contribution in [0.2, 0.25) is 5.02 Å². The molecule has 0 saturated heterocycles. The lowest BCUT2D eigenvalue weighted by atomic mass is 10.1. The van der Waals surface area contributed by atoms with Gasteiger partial charge in [-0.2, -0.15) is 0 Å². The van der Waals surface area contributed by atoms with E-state index in [9.17, 15) is 4.79 Å². The van der Waals surface area contributed by atoms with Gasteiger partial charge >= 0.3 is 0 Å². The fraction of sp³-hybridized carbons (Fsp3) is 0.278. The maximum absolute atomic E-state index is 12.6. The Hall–Kier alpha value is -1.92. The molecule has 0 radical (unpaired) electrons. The fourth-order valence-electron chi connectivity index (χ4n) is 2.17. The molecule has 134 valence electrons. The van der Waals surface area contributed by atoms with E-state index in [1.54, 1.807) is 30.3 Å². The van der Waals surface area contributed by atoms with Crippen molar-refractivity contribution in [2.75, 3.05) is 26.1 Å². The normalized spacial score (nSPS) is 10.3. The van der Waals surface area contributed by atoms with Crippen LogP contribution >= 0.6 is 27.5 Å². The molecule has 0 aliphatic rings. The molecule has 0 spiro atoms. The number of hydrogen-bond acceptors (Lipinski definition) is 4. The van der Waals surface area contributed by atoms with Crippen molar-refractivity contribution in [2.45, 2.75) is 13.3 Å². The SMILES string of the molecule is CCCOc1c(Br)cc(C(=O)Nc2cc(Cl)ccc2OC)cc1OC. The zero-order valence-corrected chi connectivity index (χ0v) is 16.5. The van der Waals surface area contributed by atoms with Crippen molar-refractivity contribution in [1.82, 2.24) is 0 Å². The first-order valence-corrected chi connectivity index (χ1v) is 8.82. The van der Waals surface area contributed by atoms with E-state index in [2.05, 4.69) is 21.2 Å². The number of amides is 1. The monoisotopic (exact) mass is 427 g/mol. The molecule has 1 N–H and O–H groups in total. The van der Waals surface area contributed by atoms with E-state index in [4.69, 9.17) is 25.8 Å². The van der Waals surface area contributed by atoms with Crippen LogP contribution in [0.1, 0.15) is 23.7 Å². The van der Waals surface area contributed by atoms with E-state index in [1.807, 2.05) is 6.92 Å². The van der Waals surface area contributed by atoms with Crippen LogP contribution in [0.25, 0.3) is 0 Å². The molecule has 2 aromatic rings. The van der Waals surface area contributed by atoms with Crippen LogP contribution in [0.4, 0.5) is 5.69 Å².